The molecule has 0 fully saturated rings. The minimum atomic E-state index is -0.490. The molecule has 1 heterocycles. The van der Waals surface area contributed by atoms with Gasteiger partial charge in [0, 0.05) is 40.7 Å². The quantitative estimate of drug-likeness (QED) is 0.346. The van der Waals surface area contributed by atoms with Crippen LogP contribution in [0.5, 0.6) is 5.75 Å². The number of aromatic nitrogens is 2. The molecule has 0 saturated heterocycles. The summed E-state index contributed by atoms with van der Waals surface area (Å²) < 4.78 is 5.09. The summed E-state index contributed by atoms with van der Waals surface area (Å²) in [5, 5.41) is 27.5. The Hall–Kier alpha value is -4.53. The highest BCUT2D eigenvalue weighted by molar-refractivity contribution is 6.01. The summed E-state index contributed by atoms with van der Waals surface area (Å²) in [6.45, 7) is 0. The van der Waals surface area contributed by atoms with Gasteiger partial charge in [0.15, 0.2) is 11.6 Å². The number of anilines is 2. The Morgan fingerprint density at radius 1 is 1.00 bits per heavy atom. The second-order valence-corrected chi connectivity index (χ2v) is 6.87. The molecule has 1 amide bonds. The molecular formula is C23H19N5O4. The van der Waals surface area contributed by atoms with E-state index in [0.29, 0.717) is 22.6 Å². The van der Waals surface area contributed by atoms with E-state index in [4.69, 9.17) is 4.74 Å². The van der Waals surface area contributed by atoms with Gasteiger partial charge >= 0.3 is 5.69 Å². The normalized spacial score (nSPS) is 10.6. The largest absolute Gasteiger partial charge is 0.490 e. The molecule has 0 aliphatic carbocycles. The number of hydrogen-bond acceptors (Lipinski definition) is 7. The van der Waals surface area contributed by atoms with Crippen molar-refractivity contribution < 1.29 is 14.5 Å². The molecule has 0 saturated carbocycles. The lowest BCUT2D eigenvalue weighted by Crippen LogP contribution is -2.17. The highest BCUT2D eigenvalue weighted by Crippen LogP contribution is 2.35. The third-order valence-electron chi connectivity index (χ3n) is 4.97. The summed E-state index contributed by atoms with van der Waals surface area (Å²) in [6.07, 6.45) is 0. The number of carbonyl (C=O) groups excluding carboxylic acids is 1. The molecule has 0 atom stereocenters. The summed E-state index contributed by atoms with van der Waals surface area (Å²) >= 11 is 0. The number of nitro groups is 1. The van der Waals surface area contributed by atoms with E-state index in [-0.39, 0.29) is 17.3 Å². The van der Waals surface area contributed by atoms with Crippen LogP contribution in [0.1, 0.15) is 10.4 Å². The van der Waals surface area contributed by atoms with E-state index in [0.717, 1.165) is 16.5 Å². The Kier molecular flexibility index (Phi) is 5.63. The van der Waals surface area contributed by atoms with Crippen LogP contribution in [0.15, 0.2) is 66.7 Å². The van der Waals surface area contributed by atoms with E-state index in [2.05, 4.69) is 20.8 Å². The van der Waals surface area contributed by atoms with Crippen molar-refractivity contribution in [1.29, 1.82) is 0 Å². The number of ether oxygens (including phenoxy) is 1. The highest BCUT2D eigenvalue weighted by Gasteiger charge is 2.18. The minimum Gasteiger partial charge on any atom is -0.490 e. The predicted molar refractivity (Wildman–Crippen MR) is 121 cm³/mol. The molecule has 4 aromatic rings. The van der Waals surface area contributed by atoms with E-state index in [1.165, 1.54) is 13.2 Å². The third-order valence-corrected chi connectivity index (χ3v) is 4.97. The Balaban J connectivity index is 1.75. The second-order valence-electron chi connectivity index (χ2n) is 6.87. The first kappa shape index (κ1) is 20.7. The maximum Gasteiger partial charge on any atom is 0.311 e. The van der Waals surface area contributed by atoms with Crippen LogP contribution in [0.3, 0.4) is 0 Å². The fraction of sp³-hybridized carbons (Fsp3) is 0.0870. The van der Waals surface area contributed by atoms with Crippen molar-refractivity contribution in [3.05, 3.63) is 82.4 Å². The minimum absolute atomic E-state index is 0.144. The van der Waals surface area contributed by atoms with Gasteiger partial charge in [-0.15, -0.1) is 10.2 Å². The fourth-order valence-electron chi connectivity index (χ4n) is 3.38. The van der Waals surface area contributed by atoms with Crippen LogP contribution in [0.25, 0.3) is 22.0 Å². The molecule has 0 aliphatic heterocycles. The van der Waals surface area contributed by atoms with E-state index in [1.54, 1.807) is 43.4 Å². The maximum atomic E-state index is 11.7. The molecule has 0 bridgehead atoms. The predicted octanol–water partition coefficient (Wildman–Crippen LogP) is 4.32. The van der Waals surface area contributed by atoms with Gasteiger partial charge in [0.1, 0.15) is 5.69 Å². The van der Waals surface area contributed by atoms with Crippen LogP contribution in [0, 0.1) is 10.1 Å². The van der Waals surface area contributed by atoms with E-state index >= 15 is 0 Å². The molecule has 160 valence electrons. The summed E-state index contributed by atoms with van der Waals surface area (Å²) in [5.74, 6) is 0.536. The molecule has 32 heavy (non-hydrogen) atoms. The topological polar surface area (TPSA) is 119 Å². The summed E-state index contributed by atoms with van der Waals surface area (Å²) in [7, 11) is 2.97. The summed E-state index contributed by atoms with van der Waals surface area (Å²) in [5.41, 5.74) is 2.22. The molecule has 4 rings (SSSR count). The van der Waals surface area contributed by atoms with Crippen LogP contribution >= 0.6 is 0 Å². The van der Waals surface area contributed by atoms with E-state index in [9.17, 15) is 14.9 Å². The number of nitro benzene ring substituents is 1. The van der Waals surface area contributed by atoms with Crippen molar-refractivity contribution >= 4 is 33.9 Å². The number of amides is 1. The Morgan fingerprint density at radius 2 is 1.72 bits per heavy atom. The lowest BCUT2D eigenvalue weighted by atomic mass is 10.0. The lowest BCUT2D eigenvalue weighted by Gasteiger charge is -2.12. The number of rotatable bonds is 6. The van der Waals surface area contributed by atoms with Crippen molar-refractivity contribution in [2.24, 2.45) is 0 Å². The SMILES string of the molecule is CNC(=O)c1ccc(Nc2nnc(-c3ccc(OC)c([N+](=O)[O-])c3)c3ccccc23)cc1. The lowest BCUT2D eigenvalue weighted by molar-refractivity contribution is -0.385. The average molecular weight is 429 g/mol. The van der Waals surface area contributed by atoms with Gasteiger partial charge in [-0.1, -0.05) is 24.3 Å². The van der Waals surface area contributed by atoms with Crippen LogP contribution < -0.4 is 15.4 Å². The van der Waals surface area contributed by atoms with Crippen molar-refractivity contribution in [3.8, 4) is 17.0 Å². The molecule has 3 aromatic carbocycles. The monoisotopic (exact) mass is 429 g/mol. The molecule has 0 aliphatic rings. The molecule has 0 radical (unpaired) electrons. The number of fused-ring (bicyclic) bond motifs is 1. The average Bonchev–Trinajstić information content (AvgIpc) is 2.83. The first-order chi connectivity index (χ1) is 15.5. The van der Waals surface area contributed by atoms with Gasteiger partial charge in [-0.05, 0) is 36.4 Å². The van der Waals surface area contributed by atoms with E-state index in [1.807, 2.05) is 24.3 Å². The van der Waals surface area contributed by atoms with Crippen LogP contribution in [-0.4, -0.2) is 35.2 Å². The zero-order chi connectivity index (χ0) is 22.7. The smallest absolute Gasteiger partial charge is 0.311 e. The Bertz CT molecular complexity index is 1320. The van der Waals surface area contributed by atoms with Crippen LogP contribution in [0.4, 0.5) is 17.2 Å². The Morgan fingerprint density at radius 3 is 2.38 bits per heavy atom. The summed E-state index contributed by atoms with van der Waals surface area (Å²) in [6, 6.07) is 19.2. The van der Waals surface area contributed by atoms with Gasteiger partial charge in [-0.25, -0.2) is 0 Å². The zero-order valence-electron chi connectivity index (χ0n) is 17.3. The molecule has 2 N–H and O–H groups in total. The van der Waals surface area contributed by atoms with Gasteiger partial charge in [0.25, 0.3) is 5.91 Å². The zero-order valence-corrected chi connectivity index (χ0v) is 17.3. The molecule has 0 unspecified atom stereocenters. The third kappa shape index (κ3) is 3.91. The number of nitrogens with zero attached hydrogens (tertiary/aromatic N) is 3. The van der Waals surface area contributed by atoms with Gasteiger partial charge in [-0.3, -0.25) is 14.9 Å². The standard InChI is InChI=1S/C23H19N5O4/c1-24-23(29)14-7-10-16(11-8-14)25-22-18-6-4-3-5-17(18)21(26-27-22)15-9-12-20(32-2)19(13-15)28(30)31/h3-13H,1-2H3,(H,24,29)(H,25,27). The highest BCUT2D eigenvalue weighted by atomic mass is 16.6. The first-order valence-electron chi connectivity index (χ1n) is 9.69. The molecule has 9 heteroatoms. The molecule has 0 spiro atoms. The van der Waals surface area contributed by atoms with Crippen LogP contribution in [-0.2, 0) is 0 Å². The second kappa shape index (κ2) is 8.68. The number of carbonyl (C=O) groups is 1. The number of methoxy groups -OCH3 is 1. The van der Waals surface area contributed by atoms with Crippen molar-refractivity contribution in [2.45, 2.75) is 0 Å². The molecule has 1 aromatic heterocycles. The van der Waals surface area contributed by atoms with Gasteiger partial charge in [0.05, 0.1) is 12.0 Å². The van der Waals surface area contributed by atoms with Gasteiger partial charge < -0.3 is 15.4 Å². The maximum absolute atomic E-state index is 11.7. The number of nitrogens with one attached hydrogen (secondary N) is 2. The summed E-state index contributed by atoms with van der Waals surface area (Å²) in [4.78, 5) is 22.7. The molecular weight excluding hydrogens is 410 g/mol. The van der Waals surface area contributed by atoms with Crippen molar-refractivity contribution in [1.82, 2.24) is 15.5 Å². The van der Waals surface area contributed by atoms with Crippen molar-refractivity contribution in [2.75, 3.05) is 19.5 Å². The van der Waals surface area contributed by atoms with Crippen molar-refractivity contribution in [3.63, 3.8) is 0 Å². The fourth-order valence-corrected chi connectivity index (χ4v) is 3.38. The Labute approximate surface area is 183 Å². The van der Waals surface area contributed by atoms with Crippen LogP contribution in [0.2, 0.25) is 0 Å². The van der Waals surface area contributed by atoms with Gasteiger partial charge in [-0.2, -0.15) is 0 Å². The first-order valence-corrected chi connectivity index (χ1v) is 9.69. The number of benzene rings is 3. The molecule has 9 nitrogen and oxygen atoms in total. The van der Waals surface area contributed by atoms with E-state index < -0.39 is 4.92 Å². The number of hydrogen-bond donors (Lipinski definition) is 2. The van der Waals surface area contributed by atoms with Gasteiger partial charge in [0.2, 0.25) is 0 Å².